The van der Waals surface area contributed by atoms with Gasteiger partial charge in [-0.25, -0.2) is 4.79 Å². The minimum atomic E-state index is -0.959. The number of ether oxygens (including phenoxy) is 1. The van der Waals surface area contributed by atoms with Gasteiger partial charge >= 0.3 is 5.97 Å². The van der Waals surface area contributed by atoms with E-state index >= 15 is 0 Å². The van der Waals surface area contributed by atoms with Crippen LogP contribution in [0.15, 0.2) is 29.2 Å². The van der Waals surface area contributed by atoms with E-state index in [1.165, 1.54) is 6.92 Å². The molecule has 26 heavy (non-hydrogen) atoms. The number of hydrogen-bond acceptors (Lipinski definition) is 5. The molecule has 1 heterocycles. The minimum Gasteiger partial charge on any atom is -0.451 e. The molecule has 5 nitrogen and oxygen atoms in total. The maximum atomic E-state index is 12.7. The van der Waals surface area contributed by atoms with Crippen LogP contribution in [0, 0.1) is 13.8 Å². The van der Waals surface area contributed by atoms with E-state index in [1.54, 1.807) is 44.7 Å². The maximum absolute atomic E-state index is 12.7. The smallest absolute Gasteiger partial charge is 0.339 e. The van der Waals surface area contributed by atoms with Gasteiger partial charge < -0.3 is 9.72 Å². The molecular weight excluding hydrogens is 350 g/mol. The molecule has 0 aliphatic carbocycles. The lowest BCUT2D eigenvalue weighted by molar-refractivity contribution is 0.0313. The fourth-order valence-corrected chi connectivity index (χ4v) is 3.71. The van der Waals surface area contributed by atoms with Crippen LogP contribution in [0.5, 0.6) is 0 Å². The molecule has 0 fully saturated rings. The molecule has 0 spiro atoms. The van der Waals surface area contributed by atoms with Crippen molar-refractivity contribution in [2.75, 3.05) is 5.75 Å². The van der Waals surface area contributed by atoms with Crippen LogP contribution >= 0.6 is 11.8 Å². The first-order valence-electron chi connectivity index (χ1n) is 8.45. The van der Waals surface area contributed by atoms with E-state index in [9.17, 15) is 14.4 Å². The Kier molecular flexibility index (Phi) is 6.42. The summed E-state index contributed by atoms with van der Waals surface area (Å²) in [5.41, 5.74) is 2.50. The van der Waals surface area contributed by atoms with Crippen molar-refractivity contribution in [1.82, 2.24) is 4.98 Å². The van der Waals surface area contributed by atoms with Crippen molar-refractivity contribution in [3.63, 3.8) is 0 Å². The molecule has 0 unspecified atom stereocenters. The summed E-state index contributed by atoms with van der Waals surface area (Å²) in [5, 5.41) is 0. The van der Waals surface area contributed by atoms with Gasteiger partial charge in [-0.15, -0.1) is 11.8 Å². The maximum Gasteiger partial charge on any atom is 0.339 e. The SMILES string of the molecule is CCSc1ccccc1C(=O)O[C@H](C)C(=O)c1[nH]c(C)c(C(C)=O)c1C. The molecule has 2 aromatic rings. The predicted molar refractivity (Wildman–Crippen MR) is 102 cm³/mol. The Bertz CT molecular complexity index is 853. The van der Waals surface area contributed by atoms with E-state index in [2.05, 4.69) is 4.98 Å². The Labute approximate surface area is 157 Å². The molecule has 1 aromatic carbocycles. The zero-order valence-electron chi connectivity index (χ0n) is 15.6. The van der Waals surface area contributed by atoms with Crippen LogP contribution in [0.4, 0.5) is 0 Å². The summed E-state index contributed by atoms with van der Waals surface area (Å²) >= 11 is 1.54. The van der Waals surface area contributed by atoms with E-state index in [0.29, 0.717) is 28.1 Å². The van der Waals surface area contributed by atoms with Gasteiger partial charge in [0.25, 0.3) is 0 Å². The number of carbonyl (C=O) groups excluding carboxylic acids is 3. The highest BCUT2D eigenvalue weighted by molar-refractivity contribution is 7.99. The van der Waals surface area contributed by atoms with Crippen LogP contribution in [-0.2, 0) is 4.74 Å². The Balaban J connectivity index is 2.21. The fraction of sp³-hybridized carbons (Fsp3) is 0.350. The molecule has 1 N–H and O–H groups in total. The third-order valence-electron chi connectivity index (χ3n) is 4.10. The topological polar surface area (TPSA) is 76.2 Å². The van der Waals surface area contributed by atoms with Crippen LogP contribution in [-0.4, -0.2) is 34.4 Å². The number of benzene rings is 1. The summed E-state index contributed by atoms with van der Waals surface area (Å²) in [4.78, 5) is 40.7. The Morgan fingerprint density at radius 3 is 2.42 bits per heavy atom. The zero-order valence-corrected chi connectivity index (χ0v) is 16.5. The van der Waals surface area contributed by atoms with Crippen LogP contribution in [0.2, 0.25) is 0 Å². The molecule has 0 saturated heterocycles. The quantitative estimate of drug-likeness (QED) is 0.443. The summed E-state index contributed by atoms with van der Waals surface area (Å²) in [6.07, 6.45) is -0.959. The van der Waals surface area contributed by atoms with Gasteiger partial charge in [-0.1, -0.05) is 19.1 Å². The monoisotopic (exact) mass is 373 g/mol. The number of thioether (sulfide) groups is 1. The largest absolute Gasteiger partial charge is 0.451 e. The van der Waals surface area contributed by atoms with Gasteiger partial charge in [0.1, 0.15) is 0 Å². The number of esters is 1. The van der Waals surface area contributed by atoms with Gasteiger partial charge in [0.05, 0.1) is 11.3 Å². The number of aromatic nitrogens is 1. The van der Waals surface area contributed by atoms with Crippen molar-refractivity contribution >= 4 is 29.3 Å². The van der Waals surface area contributed by atoms with Crippen LogP contribution in [0.3, 0.4) is 0 Å². The highest BCUT2D eigenvalue weighted by Gasteiger charge is 2.26. The predicted octanol–water partition coefficient (Wildman–Crippen LogP) is 4.37. The highest BCUT2D eigenvalue weighted by atomic mass is 32.2. The van der Waals surface area contributed by atoms with Gasteiger partial charge in [-0.3, -0.25) is 9.59 Å². The van der Waals surface area contributed by atoms with Crippen molar-refractivity contribution in [3.8, 4) is 0 Å². The second-order valence-corrected chi connectivity index (χ2v) is 7.33. The number of H-pyrrole nitrogens is 1. The molecule has 0 aliphatic heterocycles. The van der Waals surface area contributed by atoms with Crippen molar-refractivity contribution in [2.24, 2.45) is 0 Å². The second kappa shape index (κ2) is 8.36. The third-order valence-corrected chi connectivity index (χ3v) is 5.05. The van der Waals surface area contributed by atoms with Crippen LogP contribution < -0.4 is 0 Å². The summed E-state index contributed by atoms with van der Waals surface area (Å²) in [5.74, 6) is -0.166. The normalized spacial score (nSPS) is 11.9. The highest BCUT2D eigenvalue weighted by Crippen LogP contribution is 2.24. The van der Waals surface area contributed by atoms with Crippen LogP contribution in [0.25, 0.3) is 0 Å². The van der Waals surface area contributed by atoms with Crippen molar-refractivity contribution in [3.05, 3.63) is 52.3 Å². The number of Topliss-reactive ketones (excluding diaryl/α,β-unsaturated/α-hetero) is 2. The van der Waals surface area contributed by atoms with Gasteiger partial charge in [0, 0.05) is 16.2 Å². The molecule has 0 radical (unpaired) electrons. The first kappa shape index (κ1) is 20.0. The standard InChI is InChI=1S/C20H23NO4S/c1-6-26-16-10-8-7-9-15(16)20(24)25-14(5)19(23)18-11(2)17(13(4)22)12(3)21-18/h7-10,14,21H,6H2,1-5H3/t14-/m1/s1. The van der Waals surface area contributed by atoms with Gasteiger partial charge in [0.2, 0.25) is 5.78 Å². The average Bonchev–Trinajstić information content (AvgIpc) is 2.89. The van der Waals surface area contributed by atoms with Gasteiger partial charge in [-0.05, 0) is 51.1 Å². The number of ketones is 2. The lowest BCUT2D eigenvalue weighted by atomic mass is 10.0. The van der Waals surface area contributed by atoms with E-state index in [1.807, 2.05) is 19.1 Å². The molecule has 1 atom stereocenters. The van der Waals surface area contributed by atoms with Crippen molar-refractivity contribution in [1.29, 1.82) is 0 Å². The molecule has 1 aromatic heterocycles. The lowest BCUT2D eigenvalue weighted by Crippen LogP contribution is -2.25. The zero-order chi connectivity index (χ0) is 19.4. The Morgan fingerprint density at radius 1 is 1.19 bits per heavy atom. The summed E-state index contributed by atoms with van der Waals surface area (Å²) in [6.45, 7) is 8.47. The second-order valence-electron chi connectivity index (χ2n) is 6.02. The number of carbonyl (C=O) groups is 3. The molecule has 0 bridgehead atoms. The first-order valence-corrected chi connectivity index (χ1v) is 9.43. The minimum absolute atomic E-state index is 0.106. The average molecular weight is 373 g/mol. The molecular formula is C20H23NO4S. The third kappa shape index (κ3) is 4.07. The number of hydrogen-bond donors (Lipinski definition) is 1. The summed E-state index contributed by atoms with van der Waals surface area (Å²) in [6, 6.07) is 7.17. The molecule has 138 valence electrons. The number of aromatic amines is 1. The molecule has 0 amide bonds. The van der Waals surface area contributed by atoms with Gasteiger partial charge in [-0.2, -0.15) is 0 Å². The number of aryl methyl sites for hydroxylation is 1. The van der Waals surface area contributed by atoms with Crippen LogP contribution in [0.1, 0.15) is 63.2 Å². The summed E-state index contributed by atoms with van der Waals surface area (Å²) < 4.78 is 5.40. The number of nitrogens with one attached hydrogen (secondary N) is 1. The number of rotatable bonds is 7. The Hall–Kier alpha value is -2.34. The lowest BCUT2D eigenvalue weighted by Gasteiger charge is -2.14. The molecule has 2 rings (SSSR count). The first-order chi connectivity index (χ1) is 12.3. The molecule has 6 heteroatoms. The van der Waals surface area contributed by atoms with Crippen molar-refractivity contribution < 1.29 is 19.1 Å². The Morgan fingerprint density at radius 2 is 1.85 bits per heavy atom. The fourth-order valence-electron chi connectivity index (χ4n) is 2.92. The van der Waals surface area contributed by atoms with E-state index in [4.69, 9.17) is 4.74 Å². The van der Waals surface area contributed by atoms with Gasteiger partial charge in [0.15, 0.2) is 11.9 Å². The van der Waals surface area contributed by atoms with E-state index < -0.39 is 12.1 Å². The summed E-state index contributed by atoms with van der Waals surface area (Å²) in [7, 11) is 0. The van der Waals surface area contributed by atoms with E-state index in [0.717, 1.165) is 10.6 Å². The van der Waals surface area contributed by atoms with Crippen molar-refractivity contribution in [2.45, 2.75) is 45.6 Å². The molecule has 0 aliphatic rings. The van der Waals surface area contributed by atoms with E-state index in [-0.39, 0.29) is 11.6 Å². The molecule has 0 saturated carbocycles.